The molecule has 2 aliphatic heterocycles. The SMILES string of the molecule is CCCCOc1ccc(C2=NN3C(C2)c2ccccc2OC3c2ccccc2)cc1. The predicted molar refractivity (Wildman–Crippen MR) is 119 cm³/mol. The van der Waals surface area contributed by atoms with Crippen LogP contribution in [0.4, 0.5) is 0 Å². The second-order valence-corrected chi connectivity index (χ2v) is 7.79. The summed E-state index contributed by atoms with van der Waals surface area (Å²) in [4.78, 5) is 0. The van der Waals surface area contributed by atoms with E-state index in [1.54, 1.807) is 0 Å². The van der Waals surface area contributed by atoms with Crippen LogP contribution >= 0.6 is 0 Å². The van der Waals surface area contributed by atoms with E-state index in [0.717, 1.165) is 54.2 Å². The molecule has 2 atom stereocenters. The second-order valence-electron chi connectivity index (χ2n) is 7.79. The Hall–Kier alpha value is -3.27. The molecule has 0 bridgehead atoms. The summed E-state index contributed by atoms with van der Waals surface area (Å²) in [7, 11) is 0. The van der Waals surface area contributed by atoms with Gasteiger partial charge in [0, 0.05) is 17.5 Å². The Kier molecular flexibility index (Phi) is 5.14. The van der Waals surface area contributed by atoms with Crippen LogP contribution in [0.1, 0.15) is 55.1 Å². The van der Waals surface area contributed by atoms with Crippen molar-refractivity contribution in [3.8, 4) is 11.5 Å². The first-order chi connectivity index (χ1) is 14.8. The number of ether oxygens (including phenoxy) is 2. The van der Waals surface area contributed by atoms with Crippen molar-refractivity contribution < 1.29 is 9.47 Å². The van der Waals surface area contributed by atoms with Crippen LogP contribution in [0.15, 0.2) is 84.0 Å². The number of hydrazone groups is 1. The molecule has 0 aromatic heterocycles. The Balaban J connectivity index is 1.44. The van der Waals surface area contributed by atoms with E-state index in [4.69, 9.17) is 14.6 Å². The smallest absolute Gasteiger partial charge is 0.213 e. The highest BCUT2D eigenvalue weighted by Crippen LogP contribution is 2.47. The Morgan fingerprint density at radius 1 is 0.967 bits per heavy atom. The molecule has 0 spiro atoms. The number of benzene rings is 3. The van der Waals surface area contributed by atoms with Gasteiger partial charge in [0.2, 0.25) is 6.23 Å². The molecular weight excluding hydrogens is 372 g/mol. The van der Waals surface area contributed by atoms with Gasteiger partial charge in [-0.05, 0) is 42.3 Å². The molecule has 30 heavy (non-hydrogen) atoms. The molecule has 2 unspecified atom stereocenters. The van der Waals surface area contributed by atoms with E-state index in [2.05, 4.69) is 54.4 Å². The van der Waals surface area contributed by atoms with E-state index in [1.807, 2.05) is 36.4 Å². The van der Waals surface area contributed by atoms with Crippen LogP contribution in [0.25, 0.3) is 0 Å². The molecule has 0 aliphatic carbocycles. The zero-order chi connectivity index (χ0) is 20.3. The van der Waals surface area contributed by atoms with Crippen molar-refractivity contribution in [2.45, 2.75) is 38.5 Å². The fourth-order valence-corrected chi connectivity index (χ4v) is 4.12. The number of rotatable bonds is 6. The van der Waals surface area contributed by atoms with Crippen molar-refractivity contribution in [1.29, 1.82) is 0 Å². The van der Waals surface area contributed by atoms with E-state index >= 15 is 0 Å². The molecule has 4 nitrogen and oxygen atoms in total. The Bertz CT molecular complexity index is 1030. The van der Waals surface area contributed by atoms with E-state index < -0.39 is 0 Å². The van der Waals surface area contributed by atoms with Crippen molar-refractivity contribution >= 4 is 5.71 Å². The van der Waals surface area contributed by atoms with Crippen LogP contribution in [0, 0.1) is 0 Å². The van der Waals surface area contributed by atoms with Gasteiger partial charge in [-0.25, -0.2) is 5.01 Å². The van der Waals surface area contributed by atoms with Crippen molar-refractivity contribution in [3.63, 3.8) is 0 Å². The van der Waals surface area contributed by atoms with Crippen LogP contribution < -0.4 is 9.47 Å². The summed E-state index contributed by atoms with van der Waals surface area (Å²) >= 11 is 0. The maximum atomic E-state index is 6.39. The van der Waals surface area contributed by atoms with E-state index in [0.29, 0.717) is 0 Å². The zero-order valence-corrected chi connectivity index (χ0v) is 17.2. The van der Waals surface area contributed by atoms with Gasteiger partial charge < -0.3 is 9.47 Å². The Labute approximate surface area is 177 Å². The van der Waals surface area contributed by atoms with Crippen LogP contribution in [0.2, 0.25) is 0 Å². The molecule has 0 amide bonds. The average Bonchev–Trinajstić information content (AvgIpc) is 3.25. The van der Waals surface area contributed by atoms with Crippen molar-refractivity contribution in [2.75, 3.05) is 6.61 Å². The van der Waals surface area contributed by atoms with Gasteiger partial charge >= 0.3 is 0 Å². The summed E-state index contributed by atoms with van der Waals surface area (Å²) in [6, 6.07) is 27.1. The highest BCUT2D eigenvalue weighted by atomic mass is 16.5. The summed E-state index contributed by atoms with van der Waals surface area (Å²) in [5.74, 6) is 1.86. The van der Waals surface area contributed by atoms with Gasteiger partial charge in [0.15, 0.2) is 0 Å². The molecule has 5 rings (SSSR count). The van der Waals surface area contributed by atoms with Gasteiger partial charge in [-0.15, -0.1) is 0 Å². The minimum absolute atomic E-state index is 0.177. The van der Waals surface area contributed by atoms with Crippen molar-refractivity contribution in [1.82, 2.24) is 5.01 Å². The highest BCUT2D eigenvalue weighted by molar-refractivity contribution is 6.02. The van der Waals surface area contributed by atoms with Gasteiger partial charge in [0.05, 0.1) is 18.4 Å². The summed E-state index contributed by atoms with van der Waals surface area (Å²) < 4.78 is 12.2. The van der Waals surface area contributed by atoms with Gasteiger partial charge in [-0.3, -0.25) is 0 Å². The van der Waals surface area contributed by atoms with E-state index in [1.165, 1.54) is 5.56 Å². The topological polar surface area (TPSA) is 34.1 Å². The second kappa shape index (κ2) is 8.23. The molecular formula is C26H26N2O2. The largest absolute Gasteiger partial charge is 0.494 e. The maximum absolute atomic E-state index is 6.39. The number of nitrogens with zero attached hydrogens (tertiary/aromatic N) is 2. The quantitative estimate of drug-likeness (QED) is 0.470. The molecule has 2 heterocycles. The Morgan fingerprint density at radius 2 is 1.73 bits per heavy atom. The predicted octanol–water partition coefficient (Wildman–Crippen LogP) is 6.11. The van der Waals surface area contributed by atoms with Crippen molar-refractivity contribution in [3.05, 3.63) is 95.6 Å². The molecule has 0 radical (unpaired) electrons. The monoisotopic (exact) mass is 398 g/mol. The fourth-order valence-electron chi connectivity index (χ4n) is 4.12. The lowest BCUT2D eigenvalue weighted by Gasteiger charge is -2.38. The zero-order valence-electron chi connectivity index (χ0n) is 17.2. The number of unbranched alkanes of at least 4 members (excludes halogenated alkanes) is 1. The summed E-state index contributed by atoms with van der Waals surface area (Å²) in [5.41, 5.74) is 4.53. The standard InChI is InChI=1S/C26H26N2O2/c1-2-3-17-29-21-15-13-19(14-16-21)23-18-24-22-11-7-8-12-25(22)30-26(28(24)27-23)20-9-5-4-6-10-20/h4-16,24,26H,2-3,17-18H2,1H3. The molecule has 0 fully saturated rings. The van der Waals surface area contributed by atoms with Crippen LogP contribution in [0.3, 0.4) is 0 Å². The Morgan fingerprint density at radius 3 is 2.53 bits per heavy atom. The highest BCUT2D eigenvalue weighted by Gasteiger charge is 2.40. The normalized spacial score (nSPS) is 19.5. The number of hydrogen-bond donors (Lipinski definition) is 0. The summed E-state index contributed by atoms with van der Waals surface area (Å²) in [5, 5.41) is 7.15. The van der Waals surface area contributed by atoms with Crippen LogP contribution in [-0.4, -0.2) is 17.3 Å². The summed E-state index contributed by atoms with van der Waals surface area (Å²) in [6.45, 7) is 2.93. The molecule has 0 N–H and O–H groups in total. The lowest BCUT2D eigenvalue weighted by molar-refractivity contribution is -0.0190. The third kappa shape index (κ3) is 3.54. The molecule has 0 saturated carbocycles. The molecule has 4 heteroatoms. The molecule has 3 aromatic rings. The summed E-state index contributed by atoms with van der Waals surface area (Å²) in [6.07, 6.45) is 2.85. The average molecular weight is 399 g/mol. The first-order valence-corrected chi connectivity index (χ1v) is 10.7. The third-order valence-electron chi connectivity index (χ3n) is 5.74. The molecule has 152 valence electrons. The first-order valence-electron chi connectivity index (χ1n) is 10.7. The number of fused-ring (bicyclic) bond motifs is 3. The minimum Gasteiger partial charge on any atom is -0.494 e. The minimum atomic E-state index is -0.222. The van der Waals surface area contributed by atoms with Gasteiger partial charge in [-0.2, -0.15) is 5.10 Å². The fraction of sp³-hybridized carbons (Fsp3) is 0.269. The first kappa shape index (κ1) is 18.7. The number of hydrogen-bond acceptors (Lipinski definition) is 4. The van der Waals surface area contributed by atoms with E-state index in [9.17, 15) is 0 Å². The maximum Gasteiger partial charge on any atom is 0.213 e. The van der Waals surface area contributed by atoms with Gasteiger partial charge in [-0.1, -0.05) is 61.9 Å². The molecule has 3 aromatic carbocycles. The molecule has 2 aliphatic rings. The van der Waals surface area contributed by atoms with Crippen LogP contribution in [0.5, 0.6) is 11.5 Å². The lowest BCUT2D eigenvalue weighted by atomic mass is 9.96. The van der Waals surface area contributed by atoms with Gasteiger partial charge in [0.1, 0.15) is 11.5 Å². The van der Waals surface area contributed by atoms with E-state index in [-0.39, 0.29) is 12.3 Å². The third-order valence-corrected chi connectivity index (χ3v) is 5.74. The van der Waals surface area contributed by atoms with Crippen LogP contribution in [-0.2, 0) is 0 Å². The van der Waals surface area contributed by atoms with Crippen molar-refractivity contribution in [2.24, 2.45) is 5.10 Å². The molecule has 0 saturated heterocycles. The number of para-hydroxylation sites is 1. The lowest BCUT2D eigenvalue weighted by Crippen LogP contribution is -2.33. The van der Waals surface area contributed by atoms with Gasteiger partial charge in [0.25, 0.3) is 0 Å².